The van der Waals surface area contributed by atoms with Crippen LogP contribution in [0.25, 0.3) is 11.1 Å². The topological polar surface area (TPSA) is 67.6 Å². The summed E-state index contributed by atoms with van der Waals surface area (Å²) in [5, 5.41) is 18.9. The van der Waals surface area contributed by atoms with E-state index in [2.05, 4.69) is 11.0 Å². The van der Waals surface area contributed by atoms with Crippen molar-refractivity contribution in [2.24, 2.45) is 0 Å². The molecule has 0 spiro atoms. The van der Waals surface area contributed by atoms with Gasteiger partial charge in [0.25, 0.3) is 5.91 Å². The van der Waals surface area contributed by atoms with Crippen molar-refractivity contribution < 1.29 is 9.90 Å². The van der Waals surface area contributed by atoms with E-state index < -0.39 is 0 Å². The molecular weight excluding hydrogens is 326 g/mol. The Labute approximate surface area is 154 Å². The Morgan fingerprint density at radius 2 is 1.69 bits per heavy atom. The summed E-state index contributed by atoms with van der Waals surface area (Å²) < 4.78 is 0. The van der Waals surface area contributed by atoms with Crippen LogP contribution in [-0.2, 0) is 0 Å². The number of hydrogen-bond acceptors (Lipinski definition) is 4. The number of nitrogens with zero attached hydrogens (tertiary/aromatic N) is 3. The lowest BCUT2D eigenvalue weighted by atomic mass is 9.95. The number of aliphatic hydroxyl groups excluding tert-OH is 1. The van der Waals surface area contributed by atoms with Crippen molar-refractivity contribution in [2.45, 2.75) is 13.0 Å². The molecule has 1 atom stereocenters. The van der Waals surface area contributed by atoms with Gasteiger partial charge in [0.2, 0.25) is 0 Å². The van der Waals surface area contributed by atoms with Gasteiger partial charge in [-0.1, -0.05) is 36.4 Å². The molecule has 0 radical (unpaired) electrons. The molecule has 1 N–H and O–H groups in total. The summed E-state index contributed by atoms with van der Waals surface area (Å²) in [4.78, 5) is 17.1. The molecule has 1 amide bonds. The SMILES string of the molecule is C[C@H](O)CN1CCN(C(=O)c2ccccc2-c2ccccc2C#N)CC1. The molecule has 1 fully saturated rings. The predicted molar refractivity (Wildman–Crippen MR) is 101 cm³/mol. The predicted octanol–water partition coefficient (Wildman–Crippen LogP) is 2.36. The lowest BCUT2D eigenvalue weighted by molar-refractivity contribution is 0.0555. The largest absolute Gasteiger partial charge is 0.392 e. The molecule has 0 saturated carbocycles. The third-order valence-electron chi connectivity index (χ3n) is 4.68. The molecule has 134 valence electrons. The molecule has 26 heavy (non-hydrogen) atoms. The molecule has 2 aromatic rings. The maximum Gasteiger partial charge on any atom is 0.254 e. The number of nitriles is 1. The average Bonchev–Trinajstić information content (AvgIpc) is 2.67. The minimum absolute atomic E-state index is 0.00922. The molecule has 1 aliphatic heterocycles. The first-order chi connectivity index (χ1) is 12.6. The third-order valence-corrected chi connectivity index (χ3v) is 4.68. The molecule has 5 heteroatoms. The van der Waals surface area contributed by atoms with Crippen LogP contribution in [0.3, 0.4) is 0 Å². The fourth-order valence-electron chi connectivity index (χ4n) is 3.40. The van der Waals surface area contributed by atoms with Crippen molar-refractivity contribution in [1.29, 1.82) is 5.26 Å². The highest BCUT2D eigenvalue weighted by molar-refractivity contribution is 6.01. The smallest absolute Gasteiger partial charge is 0.254 e. The Kier molecular flexibility index (Phi) is 5.67. The summed E-state index contributed by atoms with van der Waals surface area (Å²) in [5.74, 6) is -0.00922. The van der Waals surface area contributed by atoms with Gasteiger partial charge < -0.3 is 10.0 Å². The normalized spacial score (nSPS) is 16.1. The second-order valence-electron chi connectivity index (χ2n) is 6.64. The molecule has 0 aromatic heterocycles. The summed E-state index contributed by atoms with van der Waals surface area (Å²) in [6, 6.07) is 17.0. The number of carbonyl (C=O) groups is 1. The van der Waals surface area contributed by atoms with Gasteiger partial charge in [-0.25, -0.2) is 0 Å². The zero-order chi connectivity index (χ0) is 18.5. The zero-order valence-electron chi connectivity index (χ0n) is 14.9. The minimum Gasteiger partial charge on any atom is -0.392 e. The van der Waals surface area contributed by atoms with E-state index in [0.29, 0.717) is 30.8 Å². The van der Waals surface area contributed by atoms with Crippen molar-refractivity contribution in [3.8, 4) is 17.2 Å². The Morgan fingerprint density at radius 3 is 2.35 bits per heavy atom. The van der Waals surface area contributed by atoms with Gasteiger partial charge in [-0.3, -0.25) is 9.69 Å². The van der Waals surface area contributed by atoms with E-state index in [-0.39, 0.29) is 12.0 Å². The second kappa shape index (κ2) is 8.13. The van der Waals surface area contributed by atoms with Gasteiger partial charge >= 0.3 is 0 Å². The van der Waals surface area contributed by atoms with Crippen LogP contribution in [0.2, 0.25) is 0 Å². The van der Waals surface area contributed by atoms with Gasteiger partial charge in [-0.05, 0) is 24.6 Å². The summed E-state index contributed by atoms with van der Waals surface area (Å²) in [6.07, 6.45) is -0.361. The van der Waals surface area contributed by atoms with E-state index in [0.717, 1.165) is 24.2 Å². The highest BCUT2D eigenvalue weighted by atomic mass is 16.3. The van der Waals surface area contributed by atoms with Crippen molar-refractivity contribution in [3.63, 3.8) is 0 Å². The number of benzene rings is 2. The first kappa shape index (κ1) is 18.1. The summed E-state index contributed by atoms with van der Waals surface area (Å²) in [7, 11) is 0. The van der Waals surface area contributed by atoms with Crippen LogP contribution in [0.4, 0.5) is 0 Å². The van der Waals surface area contributed by atoms with Crippen LogP contribution < -0.4 is 0 Å². The Morgan fingerprint density at radius 1 is 1.08 bits per heavy atom. The number of aliphatic hydroxyl groups is 1. The molecule has 1 aliphatic rings. The van der Waals surface area contributed by atoms with E-state index in [1.807, 2.05) is 47.4 Å². The summed E-state index contributed by atoms with van der Waals surface area (Å²) >= 11 is 0. The van der Waals surface area contributed by atoms with Crippen molar-refractivity contribution >= 4 is 5.91 Å². The maximum atomic E-state index is 13.1. The number of amides is 1. The van der Waals surface area contributed by atoms with Crippen molar-refractivity contribution in [3.05, 3.63) is 59.7 Å². The molecule has 0 unspecified atom stereocenters. The Bertz CT molecular complexity index is 818. The van der Waals surface area contributed by atoms with Gasteiger partial charge in [0, 0.05) is 43.9 Å². The molecule has 0 aliphatic carbocycles. The molecule has 0 bridgehead atoms. The molecule has 1 heterocycles. The van der Waals surface area contributed by atoms with Crippen LogP contribution in [0.5, 0.6) is 0 Å². The molecular formula is C21H23N3O2. The van der Waals surface area contributed by atoms with Crippen LogP contribution in [0.15, 0.2) is 48.5 Å². The summed E-state index contributed by atoms with van der Waals surface area (Å²) in [6.45, 7) is 5.20. The number of hydrogen-bond donors (Lipinski definition) is 1. The van der Waals surface area contributed by atoms with E-state index in [1.165, 1.54) is 0 Å². The Hall–Kier alpha value is -2.68. The van der Waals surface area contributed by atoms with E-state index in [9.17, 15) is 15.2 Å². The van der Waals surface area contributed by atoms with Crippen LogP contribution in [0.1, 0.15) is 22.8 Å². The summed E-state index contributed by atoms with van der Waals surface area (Å²) in [5.41, 5.74) is 2.77. The molecule has 2 aromatic carbocycles. The van der Waals surface area contributed by atoms with Gasteiger partial charge in [0.05, 0.1) is 17.7 Å². The maximum absolute atomic E-state index is 13.1. The van der Waals surface area contributed by atoms with E-state index in [4.69, 9.17) is 0 Å². The average molecular weight is 349 g/mol. The third kappa shape index (κ3) is 3.93. The van der Waals surface area contributed by atoms with Gasteiger partial charge in [0.15, 0.2) is 0 Å². The first-order valence-corrected chi connectivity index (χ1v) is 8.88. The van der Waals surface area contributed by atoms with Gasteiger partial charge in [0.1, 0.15) is 0 Å². The molecule has 5 nitrogen and oxygen atoms in total. The fourth-order valence-corrected chi connectivity index (χ4v) is 3.40. The fraction of sp³-hybridized carbons (Fsp3) is 0.333. The standard InChI is InChI=1S/C21H23N3O2/c1-16(25)15-23-10-12-24(13-11-23)21(26)20-9-5-4-8-19(20)18-7-3-2-6-17(18)14-22/h2-9,16,25H,10-13,15H2,1H3/t16-/m0/s1. The lowest BCUT2D eigenvalue weighted by Crippen LogP contribution is -2.50. The highest BCUT2D eigenvalue weighted by Gasteiger charge is 2.24. The Balaban J connectivity index is 1.83. The van der Waals surface area contributed by atoms with E-state index >= 15 is 0 Å². The number of rotatable bonds is 4. The first-order valence-electron chi connectivity index (χ1n) is 8.88. The van der Waals surface area contributed by atoms with Crippen LogP contribution in [0, 0.1) is 11.3 Å². The van der Waals surface area contributed by atoms with Crippen molar-refractivity contribution in [1.82, 2.24) is 9.80 Å². The van der Waals surface area contributed by atoms with Crippen LogP contribution in [-0.4, -0.2) is 59.6 Å². The van der Waals surface area contributed by atoms with E-state index in [1.54, 1.807) is 13.0 Å². The van der Waals surface area contributed by atoms with Crippen molar-refractivity contribution in [2.75, 3.05) is 32.7 Å². The minimum atomic E-state index is -0.361. The lowest BCUT2D eigenvalue weighted by Gasteiger charge is -2.35. The second-order valence-corrected chi connectivity index (χ2v) is 6.64. The van der Waals surface area contributed by atoms with Gasteiger partial charge in [-0.15, -0.1) is 0 Å². The number of piperazine rings is 1. The number of β-amino-alcohol motifs (C(OH)–C–C–N with tert-alkyl or cyclic N) is 1. The van der Waals surface area contributed by atoms with Gasteiger partial charge in [-0.2, -0.15) is 5.26 Å². The monoisotopic (exact) mass is 349 g/mol. The molecule has 1 saturated heterocycles. The highest BCUT2D eigenvalue weighted by Crippen LogP contribution is 2.28. The number of carbonyl (C=O) groups excluding carboxylic acids is 1. The zero-order valence-corrected chi connectivity index (χ0v) is 14.9. The molecule has 3 rings (SSSR count). The van der Waals surface area contributed by atoms with Crippen LogP contribution >= 0.6 is 0 Å². The quantitative estimate of drug-likeness (QED) is 0.920.